The lowest BCUT2D eigenvalue weighted by Gasteiger charge is -2.00. The molecule has 1 N–H and O–H groups in total. The third kappa shape index (κ3) is 3.59. The van der Waals surface area contributed by atoms with Gasteiger partial charge < -0.3 is 5.32 Å². The Morgan fingerprint density at radius 2 is 2.18 bits per heavy atom. The lowest BCUT2D eigenvalue weighted by atomic mass is 10.2. The number of carbonyl (C=O) groups excluding carboxylic acids is 1. The van der Waals surface area contributed by atoms with E-state index in [1.807, 2.05) is 27.8 Å². The van der Waals surface area contributed by atoms with E-state index in [2.05, 4.69) is 17.0 Å². The number of rotatable bonds is 4. The summed E-state index contributed by atoms with van der Waals surface area (Å²) in [5.74, 6) is -0.115. The van der Waals surface area contributed by atoms with Gasteiger partial charge in [-0.05, 0) is 26.8 Å². The van der Waals surface area contributed by atoms with Gasteiger partial charge in [0, 0.05) is 30.9 Å². The molecule has 0 aliphatic heterocycles. The molecule has 1 amide bonds. The Morgan fingerprint density at radius 3 is 2.65 bits per heavy atom. The maximum atomic E-state index is 11.5. The molecule has 0 saturated carbocycles. The van der Waals surface area contributed by atoms with Gasteiger partial charge in [-0.25, -0.2) is 0 Å². The van der Waals surface area contributed by atoms with E-state index in [0.29, 0.717) is 6.54 Å². The highest BCUT2D eigenvalue weighted by molar-refractivity contribution is 5.92. The van der Waals surface area contributed by atoms with Crippen molar-refractivity contribution in [1.29, 1.82) is 0 Å². The van der Waals surface area contributed by atoms with Crippen molar-refractivity contribution >= 4 is 12.0 Å². The van der Waals surface area contributed by atoms with Gasteiger partial charge in [0.25, 0.3) is 0 Å². The number of hydrogen-bond donors (Lipinski definition) is 1. The van der Waals surface area contributed by atoms with E-state index < -0.39 is 0 Å². The van der Waals surface area contributed by atoms with Crippen molar-refractivity contribution in [2.75, 3.05) is 6.54 Å². The van der Waals surface area contributed by atoms with Crippen LogP contribution in [0.25, 0.3) is 6.08 Å². The van der Waals surface area contributed by atoms with Crippen molar-refractivity contribution < 1.29 is 4.79 Å². The number of aromatic nitrogens is 2. The summed E-state index contributed by atoms with van der Waals surface area (Å²) >= 11 is 0. The summed E-state index contributed by atoms with van der Waals surface area (Å²) in [4.78, 5) is 11.5. The van der Waals surface area contributed by atoms with Crippen LogP contribution >= 0.6 is 0 Å². The Hall–Kier alpha value is -1.84. The molecule has 0 atom stereocenters. The fourth-order valence-electron chi connectivity index (χ4n) is 1.49. The summed E-state index contributed by atoms with van der Waals surface area (Å²) in [7, 11) is 1.89. The first-order chi connectivity index (χ1) is 7.91. The number of nitrogens with zero attached hydrogens (tertiary/aromatic N) is 2. The van der Waals surface area contributed by atoms with Crippen molar-refractivity contribution in [2.24, 2.45) is 7.05 Å². The molecule has 0 aliphatic rings. The molecule has 0 fully saturated rings. The van der Waals surface area contributed by atoms with Crippen LogP contribution in [0.15, 0.2) is 18.2 Å². The fourth-order valence-corrected chi connectivity index (χ4v) is 1.49. The number of aryl methyl sites for hydroxylation is 2. The highest BCUT2D eigenvalue weighted by atomic mass is 16.1. The zero-order valence-corrected chi connectivity index (χ0v) is 10.9. The van der Waals surface area contributed by atoms with Gasteiger partial charge in [0.15, 0.2) is 0 Å². The lowest BCUT2D eigenvalue weighted by Crippen LogP contribution is -2.22. The van der Waals surface area contributed by atoms with Crippen LogP contribution in [0.2, 0.25) is 0 Å². The second-order valence-electron chi connectivity index (χ2n) is 4.22. The molecule has 0 saturated heterocycles. The van der Waals surface area contributed by atoms with Gasteiger partial charge in [-0.3, -0.25) is 9.48 Å². The maximum absolute atomic E-state index is 11.5. The van der Waals surface area contributed by atoms with Gasteiger partial charge in [-0.2, -0.15) is 5.10 Å². The highest BCUT2D eigenvalue weighted by Gasteiger charge is 2.06. The molecule has 0 spiro atoms. The monoisotopic (exact) mass is 233 g/mol. The molecule has 0 unspecified atom stereocenters. The van der Waals surface area contributed by atoms with E-state index in [1.165, 1.54) is 6.08 Å². The van der Waals surface area contributed by atoms with Gasteiger partial charge in [0.2, 0.25) is 5.91 Å². The summed E-state index contributed by atoms with van der Waals surface area (Å²) in [6.07, 6.45) is 3.32. The topological polar surface area (TPSA) is 46.9 Å². The number of carbonyl (C=O) groups is 1. The molecule has 92 valence electrons. The molecular weight excluding hydrogens is 214 g/mol. The Balaban J connectivity index is 2.70. The number of nitrogens with one attached hydrogen (secondary N) is 1. The summed E-state index contributed by atoms with van der Waals surface area (Å²) in [5, 5.41) is 7.03. The molecule has 1 rings (SSSR count). The molecule has 1 heterocycles. The van der Waals surface area contributed by atoms with Crippen molar-refractivity contribution in [3.8, 4) is 0 Å². The molecule has 0 radical (unpaired) electrons. The first kappa shape index (κ1) is 13.2. The standard InChI is InChI=1S/C13H19N3O/c1-9(2)8-14-13(17)7-6-12-10(3)15-16(5)11(12)4/h6-7H,1,8H2,2-5H3,(H,14,17)/b7-6+. The van der Waals surface area contributed by atoms with Crippen molar-refractivity contribution in [1.82, 2.24) is 15.1 Å². The zero-order valence-electron chi connectivity index (χ0n) is 10.9. The molecule has 0 aliphatic carbocycles. The number of amides is 1. The Kier molecular flexibility index (Phi) is 4.26. The van der Waals surface area contributed by atoms with Crippen LogP contribution in [-0.4, -0.2) is 22.2 Å². The second kappa shape index (κ2) is 5.48. The molecular formula is C13H19N3O. The van der Waals surface area contributed by atoms with Crippen LogP contribution in [0.1, 0.15) is 23.9 Å². The normalized spacial score (nSPS) is 10.8. The fraction of sp³-hybridized carbons (Fsp3) is 0.385. The minimum Gasteiger partial charge on any atom is -0.349 e. The molecule has 0 bridgehead atoms. The van der Waals surface area contributed by atoms with Crippen molar-refractivity contribution in [3.05, 3.63) is 35.2 Å². The predicted molar refractivity (Wildman–Crippen MR) is 69.5 cm³/mol. The SMILES string of the molecule is C=C(C)CNC(=O)/C=C/c1c(C)nn(C)c1C. The lowest BCUT2D eigenvalue weighted by molar-refractivity contribution is -0.116. The Labute approximate surface area is 102 Å². The summed E-state index contributed by atoms with van der Waals surface area (Å²) < 4.78 is 1.81. The minimum absolute atomic E-state index is 0.115. The third-order valence-electron chi connectivity index (χ3n) is 2.53. The summed E-state index contributed by atoms with van der Waals surface area (Å²) in [5.41, 5.74) is 3.90. The van der Waals surface area contributed by atoms with Gasteiger partial charge in [-0.1, -0.05) is 12.2 Å². The van der Waals surface area contributed by atoms with Crippen molar-refractivity contribution in [3.63, 3.8) is 0 Å². The van der Waals surface area contributed by atoms with E-state index in [1.54, 1.807) is 10.8 Å². The first-order valence-electron chi connectivity index (χ1n) is 5.52. The zero-order chi connectivity index (χ0) is 13.0. The average molecular weight is 233 g/mol. The summed E-state index contributed by atoms with van der Waals surface area (Å²) in [6.45, 7) is 10.0. The first-order valence-corrected chi connectivity index (χ1v) is 5.52. The van der Waals surface area contributed by atoms with Crippen LogP contribution in [0, 0.1) is 13.8 Å². The molecule has 4 heteroatoms. The molecule has 0 aromatic carbocycles. The molecule has 1 aromatic rings. The van der Waals surface area contributed by atoms with Gasteiger partial charge >= 0.3 is 0 Å². The van der Waals surface area contributed by atoms with E-state index in [4.69, 9.17) is 0 Å². The van der Waals surface area contributed by atoms with Crippen LogP contribution in [-0.2, 0) is 11.8 Å². The van der Waals surface area contributed by atoms with Gasteiger partial charge in [0.05, 0.1) is 5.69 Å². The largest absolute Gasteiger partial charge is 0.349 e. The minimum atomic E-state index is -0.115. The van der Waals surface area contributed by atoms with E-state index >= 15 is 0 Å². The molecule has 1 aromatic heterocycles. The number of hydrogen-bond acceptors (Lipinski definition) is 2. The quantitative estimate of drug-likeness (QED) is 0.636. The third-order valence-corrected chi connectivity index (χ3v) is 2.53. The van der Waals surface area contributed by atoms with Crippen LogP contribution in [0.4, 0.5) is 0 Å². The van der Waals surface area contributed by atoms with Crippen LogP contribution < -0.4 is 5.32 Å². The highest BCUT2D eigenvalue weighted by Crippen LogP contribution is 2.13. The Bertz CT molecular complexity index is 469. The van der Waals surface area contributed by atoms with E-state index in [9.17, 15) is 4.79 Å². The average Bonchev–Trinajstić information content (AvgIpc) is 2.48. The van der Waals surface area contributed by atoms with E-state index in [0.717, 1.165) is 22.5 Å². The van der Waals surface area contributed by atoms with Gasteiger partial charge in [-0.15, -0.1) is 0 Å². The summed E-state index contributed by atoms with van der Waals surface area (Å²) in [6, 6.07) is 0. The van der Waals surface area contributed by atoms with E-state index in [-0.39, 0.29) is 5.91 Å². The van der Waals surface area contributed by atoms with Crippen molar-refractivity contribution in [2.45, 2.75) is 20.8 Å². The Morgan fingerprint density at radius 1 is 1.53 bits per heavy atom. The predicted octanol–water partition coefficient (Wildman–Crippen LogP) is 1.74. The molecule has 4 nitrogen and oxygen atoms in total. The smallest absolute Gasteiger partial charge is 0.244 e. The second-order valence-corrected chi connectivity index (χ2v) is 4.22. The molecule has 17 heavy (non-hydrogen) atoms. The van der Waals surface area contributed by atoms with Gasteiger partial charge in [0.1, 0.15) is 0 Å². The van der Waals surface area contributed by atoms with Crippen LogP contribution in [0.5, 0.6) is 0 Å². The maximum Gasteiger partial charge on any atom is 0.244 e. The van der Waals surface area contributed by atoms with Crippen LogP contribution in [0.3, 0.4) is 0 Å².